The van der Waals surface area contributed by atoms with E-state index < -0.39 is 0 Å². The molecule has 0 saturated carbocycles. The van der Waals surface area contributed by atoms with E-state index in [1.807, 2.05) is 24.3 Å². The molecule has 0 aliphatic carbocycles. The van der Waals surface area contributed by atoms with Gasteiger partial charge in [-0.15, -0.1) is 0 Å². The molecule has 2 aromatic rings. The van der Waals surface area contributed by atoms with Gasteiger partial charge in [0.2, 0.25) is 0 Å². The molecule has 2 heteroatoms. The zero-order chi connectivity index (χ0) is 6.97. The van der Waals surface area contributed by atoms with Crippen LogP contribution >= 0.6 is 11.6 Å². The molecule has 2 rings (SSSR count). The Bertz CT molecular complexity index is 351. The van der Waals surface area contributed by atoms with Crippen LogP contribution in [0.5, 0.6) is 0 Å². The van der Waals surface area contributed by atoms with E-state index in [1.54, 1.807) is 0 Å². The van der Waals surface area contributed by atoms with Gasteiger partial charge in [-0.05, 0) is 6.07 Å². The normalized spacial score (nSPS) is 10.5. The lowest BCUT2D eigenvalue weighted by atomic mass is 10.3. The van der Waals surface area contributed by atoms with Crippen LogP contribution in [-0.2, 0) is 0 Å². The summed E-state index contributed by atoms with van der Waals surface area (Å²) in [5, 5.41) is 1.69. The molecule has 1 nitrogen and oxygen atoms in total. The third-order valence-corrected chi connectivity index (χ3v) is 1.77. The Kier molecular flexibility index (Phi) is 1.18. The van der Waals surface area contributed by atoms with Crippen molar-refractivity contribution in [2.24, 2.45) is 0 Å². The molecule has 1 radical (unpaired) electrons. The van der Waals surface area contributed by atoms with E-state index >= 15 is 0 Å². The number of hydrogen-bond acceptors (Lipinski definition) is 0. The molecule has 0 aliphatic heterocycles. The second-order valence-electron chi connectivity index (χ2n) is 2.11. The first-order valence-electron chi connectivity index (χ1n) is 3.02. The van der Waals surface area contributed by atoms with Crippen LogP contribution in [0.15, 0.2) is 24.3 Å². The first-order chi connectivity index (χ1) is 4.88. The highest BCUT2D eigenvalue weighted by Gasteiger charge is 1.97. The third kappa shape index (κ3) is 0.711. The highest BCUT2D eigenvalue weighted by molar-refractivity contribution is 6.35. The number of halogens is 1. The molecule has 0 aliphatic rings. The minimum Gasteiger partial charge on any atom is -0.352 e. The predicted octanol–water partition coefficient (Wildman–Crippen LogP) is 2.62. The third-order valence-electron chi connectivity index (χ3n) is 1.47. The number of benzene rings is 1. The molecule has 0 spiro atoms. The Balaban J connectivity index is 2.93. The standard InChI is InChI=1S/C8H5ClN/c9-7-5-10-8-4-2-1-3-6(7)8/h1-4,10H. The van der Waals surface area contributed by atoms with Gasteiger partial charge in [-0.2, -0.15) is 0 Å². The van der Waals surface area contributed by atoms with Crippen LogP contribution in [0, 0.1) is 6.20 Å². The fraction of sp³-hybridized carbons (Fsp3) is 0. The molecule has 49 valence electrons. The zero-order valence-corrected chi connectivity index (χ0v) is 5.94. The van der Waals surface area contributed by atoms with Gasteiger partial charge >= 0.3 is 0 Å². The zero-order valence-electron chi connectivity index (χ0n) is 5.19. The van der Waals surface area contributed by atoms with Gasteiger partial charge in [0.15, 0.2) is 0 Å². The fourth-order valence-corrected chi connectivity index (χ4v) is 1.19. The van der Waals surface area contributed by atoms with Crippen molar-refractivity contribution in [1.29, 1.82) is 0 Å². The maximum Gasteiger partial charge on any atom is 0.0835 e. The molecule has 0 unspecified atom stereocenters. The van der Waals surface area contributed by atoms with Gasteiger partial charge in [0.1, 0.15) is 0 Å². The molecule has 0 bridgehead atoms. The molecule has 1 N–H and O–H groups in total. The van der Waals surface area contributed by atoms with Crippen molar-refractivity contribution in [3.05, 3.63) is 35.5 Å². The average Bonchev–Trinajstić information content (AvgIpc) is 2.34. The summed E-state index contributed by atoms with van der Waals surface area (Å²) in [5.74, 6) is 0. The largest absolute Gasteiger partial charge is 0.352 e. The SMILES string of the molecule is Clc1[c][nH]c2ccccc12. The molecule has 1 aromatic carbocycles. The Morgan fingerprint density at radius 1 is 1.30 bits per heavy atom. The molecular weight excluding hydrogens is 146 g/mol. The number of rotatable bonds is 0. The van der Waals surface area contributed by atoms with Gasteiger partial charge in [0, 0.05) is 10.9 Å². The molecule has 0 fully saturated rings. The van der Waals surface area contributed by atoms with Crippen LogP contribution in [0.1, 0.15) is 0 Å². The molecule has 0 saturated heterocycles. The lowest BCUT2D eigenvalue weighted by molar-refractivity contribution is 1.46. The monoisotopic (exact) mass is 150 g/mol. The topological polar surface area (TPSA) is 15.8 Å². The summed E-state index contributed by atoms with van der Waals surface area (Å²) in [7, 11) is 0. The van der Waals surface area contributed by atoms with E-state index in [0.29, 0.717) is 5.02 Å². The summed E-state index contributed by atoms with van der Waals surface area (Å²) in [6.07, 6.45) is 2.82. The summed E-state index contributed by atoms with van der Waals surface area (Å²) in [6, 6.07) is 7.85. The van der Waals surface area contributed by atoms with Crippen LogP contribution in [0.25, 0.3) is 10.9 Å². The Morgan fingerprint density at radius 2 is 2.10 bits per heavy atom. The minimum atomic E-state index is 0.663. The molecule has 0 amide bonds. The number of nitrogens with one attached hydrogen (secondary N) is 1. The van der Waals surface area contributed by atoms with Crippen molar-refractivity contribution in [3.63, 3.8) is 0 Å². The van der Waals surface area contributed by atoms with Gasteiger partial charge in [0.05, 0.1) is 11.2 Å². The van der Waals surface area contributed by atoms with E-state index in [0.717, 1.165) is 10.9 Å². The van der Waals surface area contributed by atoms with Crippen molar-refractivity contribution in [2.75, 3.05) is 0 Å². The first-order valence-corrected chi connectivity index (χ1v) is 3.39. The molecule has 10 heavy (non-hydrogen) atoms. The minimum absolute atomic E-state index is 0.663. The van der Waals surface area contributed by atoms with Crippen LogP contribution < -0.4 is 0 Å². The van der Waals surface area contributed by atoms with E-state index in [-0.39, 0.29) is 0 Å². The second-order valence-corrected chi connectivity index (χ2v) is 2.49. The lowest BCUT2D eigenvalue weighted by Crippen LogP contribution is -1.62. The highest BCUT2D eigenvalue weighted by Crippen LogP contribution is 2.20. The van der Waals surface area contributed by atoms with Crippen molar-refractivity contribution < 1.29 is 0 Å². The number of H-pyrrole nitrogens is 1. The van der Waals surface area contributed by atoms with Crippen molar-refractivity contribution in [1.82, 2.24) is 4.98 Å². The van der Waals surface area contributed by atoms with Gasteiger partial charge in [-0.3, -0.25) is 0 Å². The van der Waals surface area contributed by atoms with E-state index in [2.05, 4.69) is 11.2 Å². The van der Waals surface area contributed by atoms with Gasteiger partial charge < -0.3 is 4.98 Å². The maximum atomic E-state index is 5.79. The fourth-order valence-electron chi connectivity index (χ4n) is 0.973. The van der Waals surface area contributed by atoms with Gasteiger partial charge in [0.25, 0.3) is 0 Å². The van der Waals surface area contributed by atoms with Crippen molar-refractivity contribution in [3.8, 4) is 0 Å². The molecular formula is C8H5ClN. The van der Waals surface area contributed by atoms with Gasteiger partial charge in [-0.1, -0.05) is 29.8 Å². The number of aromatic nitrogens is 1. The van der Waals surface area contributed by atoms with E-state index in [4.69, 9.17) is 11.6 Å². The number of fused-ring (bicyclic) bond motifs is 1. The summed E-state index contributed by atoms with van der Waals surface area (Å²) in [6.45, 7) is 0. The summed E-state index contributed by atoms with van der Waals surface area (Å²) >= 11 is 5.79. The van der Waals surface area contributed by atoms with Crippen molar-refractivity contribution in [2.45, 2.75) is 0 Å². The van der Waals surface area contributed by atoms with Crippen LogP contribution in [-0.4, -0.2) is 4.98 Å². The van der Waals surface area contributed by atoms with Crippen LogP contribution in [0.3, 0.4) is 0 Å². The Labute approximate surface area is 63.6 Å². The Hall–Kier alpha value is -0.950. The Morgan fingerprint density at radius 3 is 2.90 bits per heavy atom. The summed E-state index contributed by atoms with van der Waals surface area (Å²) in [4.78, 5) is 2.93. The van der Waals surface area contributed by atoms with Gasteiger partial charge in [-0.25, -0.2) is 0 Å². The van der Waals surface area contributed by atoms with E-state index in [9.17, 15) is 0 Å². The highest BCUT2D eigenvalue weighted by atomic mass is 35.5. The number of hydrogen-bond donors (Lipinski definition) is 1. The van der Waals surface area contributed by atoms with Crippen LogP contribution in [0.2, 0.25) is 5.02 Å². The quantitative estimate of drug-likeness (QED) is 0.594. The average molecular weight is 151 g/mol. The summed E-state index contributed by atoms with van der Waals surface area (Å²) < 4.78 is 0. The summed E-state index contributed by atoms with van der Waals surface area (Å²) in [5.41, 5.74) is 1.03. The number of aromatic amines is 1. The van der Waals surface area contributed by atoms with E-state index in [1.165, 1.54) is 0 Å². The molecule has 1 heterocycles. The second kappa shape index (κ2) is 2.03. The first kappa shape index (κ1) is 5.81. The maximum absolute atomic E-state index is 5.79. The lowest BCUT2D eigenvalue weighted by Gasteiger charge is -1.85. The van der Waals surface area contributed by atoms with Crippen LogP contribution in [0.4, 0.5) is 0 Å². The smallest absolute Gasteiger partial charge is 0.0835 e. The number of para-hydroxylation sites is 1. The van der Waals surface area contributed by atoms with Crippen molar-refractivity contribution >= 4 is 22.5 Å². The molecule has 0 atom stereocenters. The molecule has 1 aromatic heterocycles. The predicted molar refractivity (Wildman–Crippen MR) is 42.1 cm³/mol.